The maximum Gasteiger partial charge on any atom is 0.243 e. The highest BCUT2D eigenvalue weighted by molar-refractivity contribution is 5.84. The summed E-state index contributed by atoms with van der Waals surface area (Å²) in [6, 6.07) is 19.4. The number of piperidine rings is 1. The molecule has 1 fully saturated rings. The predicted octanol–water partition coefficient (Wildman–Crippen LogP) is 2.83. The van der Waals surface area contributed by atoms with E-state index >= 15 is 0 Å². The monoisotopic (exact) mass is 435 g/mol. The van der Waals surface area contributed by atoms with Gasteiger partial charge in [-0.15, -0.1) is 0 Å². The van der Waals surface area contributed by atoms with Crippen LogP contribution in [-0.2, 0) is 17.8 Å². The summed E-state index contributed by atoms with van der Waals surface area (Å²) in [5, 5.41) is 7.00. The quantitative estimate of drug-likeness (QED) is 0.495. The molecule has 2 aromatic carbocycles. The Morgan fingerprint density at radius 2 is 1.75 bits per heavy atom. The van der Waals surface area contributed by atoms with Crippen molar-refractivity contribution >= 4 is 11.9 Å². The van der Waals surface area contributed by atoms with E-state index in [1.165, 1.54) is 16.7 Å². The van der Waals surface area contributed by atoms with Gasteiger partial charge in [0.15, 0.2) is 5.96 Å². The number of amides is 1. The van der Waals surface area contributed by atoms with E-state index in [4.69, 9.17) is 0 Å². The molecule has 0 bridgehead atoms. The van der Waals surface area contributed by atoms with Crippen molar-refractivity contribution in [2.24, 2.45) is 4.99 Å². The van der Waals surface area contributed by atoms with Gasteiger partial charge in [-0.3, -0.25) is 9.69 Å². The van der Waals surface area contributed by atoms with E-state index in [1.54, 1.807) is 19.0 Å². The highest BCUT2D eigenvalue weighted by Gasteiger charge is 2.20. The van der Waals surface area contributed by atoms with E-state index in [1.807, 2.05) is 6.07 Å². The second kappa shape index (κ2) is 12.2. The number of likely N-dealkylation sites (N-methyl/N-ethyl adjacent to an activating group) is 1. The number of rotatable bonds is 8. The van der Waals surface area contributed by atoms with Crippen molar-refractivity contribution in [1.82, 2.24) is 20.4 Å². The van der Waals surface area contributed by atoms with Gasteiger partial charge < -0.3 is 15.5 Å². The largest absolute Gasteiger partial charge is 0.356 e. The Kier molecular flexibility index (Phi) is 9.11. The maximum absolute atomic E-state index is 12.0. The minimum atomic E-state index is 0.00205. The first-order valence-corrected chi connectivity index (χ1v) is 11.6. The number of aryl methyl sites for hydroxylation is 1. The molecule has 0 aromatic heterocycles. The van der Waals surface area contributed by atoms with Crippen LogP contribution in [0.25, 0.3) is 0 Å². The van der Waals surface area contributed by atoms with Crippen molar-refractivity contribution < 1.29 is 4.79 Å². The first kappa shape index (κ1) is 23.8. The number of benzene rings is 2. The molecule has 1 saturated heterocycles. The smallest absolute Gasteiger partial charge is 0.243 e. The summed E-state index contributed by atoms with van der Waals surface area (Å²) in [6.07, 6.45) is 3.04. The standard InChI is InChI=1S/C26H37N5O/c1-21-9-7-8-12-23(21)20-31-17-14-24(15-18-31)29-26(28-19-25(32)30(2)3)27-16-13-22-10-5-4-6-11-22/h4-12,24H,13-20H2,1-3H3,(H2,27,28,29). The van der Waals surface area contributed by atoms with Crippen LogP contribution in [0.15, 0.2) is 59.6 Å². The molecular weight excluding hydrogens is 398 g/mol. The highest BCUT2D eigenvalue weighted by atomic mass is 16.2. The lowest BCUT2D eigenvalue weighted by Crippen LogP contribution is -2.49. The topological polar surface area (TPSA) is 60.0 Å². The number of nitrogens with zero attached hydrogens (tertiary/aromatic N) is 3. The average molecular weight is 436 g/mol. The first-order chi connectivity index (χ1) is 15.5. The Morgan fingerprint density at radius 1 is 1.06 bits per heavy atom. The molecule has 3 rings (SSSR count). The third kappa shape index (κ3) is 7.68. The number of hydrogen-bond acceptors (Lipinski definition) is 3. The van der Waals surface area contributed by atoms with Gasteiger partial charge in [0.2, 0.25) is 5.91 Å². The van der Waals surface area contributed by atoms with E-state index < -0.39 is 0 Å². The van der Waals surface area contributed by atoms with Crippen LogP contribution < -0.4 is 10.6 Å². The van der Waals surface area contributed by atoms with Gasteiger partial charge in [-0.25, -0.2) is 4.99 Å². The summed E-state index contributed by atoms with van der Waals surface area (Å²) >= 11 is 0. The van der Waals surface area contributed by atoms with E-state index in [-0.39, 0.29) is 12.5 Å². The molecule has 1 aliphatic rings. The fourth-order valence-corrected chi connectivity index (χ4v) is 3.87. The molecule has 32 heavy (non-hydrogen) atoms. The van der Waals surface area contributed by atoms with E-state index in [0.29, 0.717) is 6.04 Å². The SMILES string of the molecule is Cc1ccccc1CN1CCC(NC(=NCC(=O)N(C)C)NCCc2ccccc2)CC1. The van der Waals surface area contributed by atoms with E-state index in [9.17, 15) is 4.79 Å². The Hall–Kier alpha value is -2.86. The molecule has 6 nitrogen and oxygen atoms in total. The summed E-state index contributed by atoms with van der Waals surface area (Å²) in [7, 11) is 3.52. The Balaban J connectivity index is 1.51. The number of aliphatic imine (C=N–C) groups is 1. The molecule has 0 atom stereocenters. The summed E-state index contributed by atoms with van der Waals surface area (Å²) in [4.78, 5) is 20.7. The van der Waals surface area contributed by atoms with Crippen LogP contribution in [0.1, 0.15) is 29.5 Å². The predicted molar refractivity (Wildman–Crippen MR) is 132 cm³/mol. The zero-order valence-electron chi connectivity index (χ0n) is 19.7. The number of nitrogens with one attached hydrogen (secondary N) is 2. The van der Waals surface area contributed by atoms with Crippen molar-refractivity contribution in [2.75, 3.05) is 40.3 Å². The second-order valence-corrected chi connectivity index (χ2v) is 8.74. The van der Waals surface area contributed by atoms with Crippen LogP contribution in [0.5, 0.6) is 0 Å². The normalized spacial score (nSPS) is 15.4. The third-order valence-electron chi connectivity index (χ3n) is 6.00. The molecule has 2 N–H and O–H groups in total. The zero-order chi connectivity index (χ0) is 22.8. The Bertz CT molecular complexity index is 873. The number of likely N-dealkylation sites (tertiary alicyclic amines) is 1. The van der Waals surface area contributed by atoms with Crippen LogP contribution in [-0.4, -0.2) is 68.0 Å². The van der Waals surface area contributed by atoms with Gasteiger partial charge in [-0.1, -0.05) is 54.6 Å². The van der Waals surface area contributed by atoms with Gasteiger partial charge in [0, 0.05) is 46.3 Å². The Morgan fingerprint density at radius 3 is 2.44 bits per heavy atom. The van der Waals surface area contributed by atoms with E-state index in [2.05, 4.69) is 76.0 Å². The molecule has 172 valence electrons. The molecule has 6 heteroatoms. The van der Waals surface area contributed by atoms with Crippen LogP contribution in [0.2, 0.25) is 0 Å². The van der Waals surface area contributed by atoms with Gasteiger partial charge in [0.05, 0.1) is 0 Å². The molecule has 1 heterocycles. The average Bonchev–Trinajstić information content (AvgIpc) is 2.80. The fraction of sp³-hybridized carbons (Fsp3) is 0.462. The van der Waals surface area contributed by atoms with Gasteiger partial charge in [-0.2, -0.15) is 0 Å². The third-order valence-corrected chi connectivity index (χ3v) is 6.00. The number of carbonyl (C=O) groups is 1. The summed E-state index contributed by atoms with van der Waals surface area (Å²) in [5.74, 6) is 0.732. The lowest BCUT2D eigenvalue weighted by molar-refractivity contribution is -0.127. The summed E-state index contributed by atoms with van der Waals surface area (Å²) < 4.78 is 0. The number of carbonyl (C=O) groups excluding carboxylic acids is 1. The van der Waals surface area contributed by atoms with Crippen molar-refractivity contribution in [3.8, 4) is 0 Å². The maximum atomic E-state index is 12.0. The van der Waals surface area contributed by atoms with E-state index in [0.717, 1.165) is 51.4 Å². The second-order valence-electron chi connectivity index (χ2n) is 8.74. The molecule has 0 radical (unpaired) electrons. The van der Waals surface area contributed by atoms with Gasteiger partial charge in [0.25, 0.3) is 0 Å². The first-order valence-electron chi connectivity index (χ1n) is 11.6. The molecule has 2 aromatic rings. The van der Waals surface area contributed by atoms with Crippen molar-refractivity contribution in [3.05, 3.63) is 71.3 Å². The lowest BCUT2D eigenvalue weighted by Gasteiger charge is -2.33. The zero-order valence-corrected chi connectivity index (χ0v) is 19.7. The van der Waals surface area contributed by atoms with Crippen LogP contribution in [0.4, 0.5) is 0 Å². The molecule has 0 aliphatic carbocycles. The molecule has 1 amide bonds. The molecular formula is C26H37N5O. The lowest BCUT2D eigenvalue weighted by atomic mass is 10.0. The number of guanidine groups is 1. The minimum Gasteiger partial charge on any atom is -0.356 e. The summed E-state index contributed by atoms with van der Waals surface area (Å²) in [6.45, 7) is 6.23. The minimum absolute atomic E-state index is 0.00205. The van der Waals surface area contributed by atoms with Crippen LogP contribution in [0, 0.1) is 6.92 Å². The van der Waals surface area contributed by atoms with Gasteiger partial charge in [-0.05, 0) is 42.9 Å². The van der Waals surface area contributed by atoms with Gasteiger partial charge in [0.1, 0.15) is 6.54 Å². The number of hydrogen-bond donors (Lipinski definition) is 2. The van der Waals surface area contributed by atoms with Gasteiger partial charge >= 0.3 is 0 Å². The Labute approximate surface area is 192 Å². The van der Waals surface area contributed by atoms with Crippen molar-refractivity contribution in [1.29, 1.82) is 0 Å². The molecule has 0 spiro atoms. The fourth-order valence-electron chi connectivity index (χ4n) is 3.87. The molecule has 1 aliphatic heterocycles. The van der Waals surface area contributed by atoms with Crippen LogP contribution >= 0.6 is 0 Å². The molecule has 0 saturated carbocycles. The highest BCUT2D eigenvalue weighted by Crippen LogP contribution is 2.16. The van der Waals surface area contributed by atoms with Crippen molar-refractivity contribution in [3.63, 3.8) is 0 Å². The summed E-state index contributed by atoms with van der Waals surface area (Å²) in [5.41, 5.74) is 4.05. The van der Waals surface area contributed by atoms with Crippen LogP contribution in [0.3, 0.4) is 0 Å². The van der Waals surface area contributed by atoms with Crippen molar-refractivity contribution in [2.45, 2.75) is 38.8 Å². The molecule has 0 unspecified atom stereocenters.